The highest BCUT2D eigenvalue weighted by Crippen LogP contribution is 2.40. The fourth-order valence-corrected chi connectivity index (χ4v) is 4.84. The molecule has 2 unspecified atom stereocenters. The summed E-state index contributed by atoms with van der Waals surface area (Å²) >= 11 is 8.76. The van der Waals surface area contributed by atoms with E-state index in [0.29, 0.717) is 27.2 Å². The number of nitrogens with zero attached hydrogens (tertiary/aromatic N) is 3. The summed E-state index contributed by atoms with van der Waals surface area (Å²) in [6.07, 6.45) is 2.36. The van der Waals surface area contributed by atoms with Crippen LogP contribution in [-0.2, 0) is 9.59 Å². The van der Waals surface area contributed by atoms with E-state index in [-0.39, 0.29) is 11.9 Å². The molecule has 0 bridgehead atoms. The van der Waals surface area contributed by atoms with Gasteiger partial charge in [-0.05, 0) is 5.56 Å². The number of aliphatic imine (C=N–C) groups is 1. The number of rotatable bonds is 4. The smallest absolute Gasteiger partial charge is 0.243 e. The average Bonchev–Trinajstić information content (AvgIpc) is 3.30. The van der Waals surface area contributed by atoms with Crippen molar-refractivity contribution in [3.05, 3.63) is 51.4 Å². The summed E-state index contributed by atoms with van der Waals surface area (Å²) in [5.74, 6) is -0.471. The van der Waals surface area contributed by atoms with Gasteiger partial charge in [0.1, 0.15) is 12.2 Å². The average molecular weight is 410 g/mol. The Morgan fingerprint density at radius 2 is 2.08 bits per heavy atom. The molecule has 5 nitrogen and oxygen atoms in total. The lowest BCUT2D eigenvalue weighted by molar-refractivity contribution is -0.132. The van der Waals surface area contributed by atoms with Gasteiger partial charge in [0.05, 0.1) is 6.04 Å². The van der Waals surface area contributed by atoms with Crippen LogP contribution in [0.2, 0.25) is 4.47 Å². The van der Waals surface area contributed by atoms with E-state index in [9.17, 15) is 9.59 Å². The highest BCUT2D eigenvalue weighted by molar-refractivity contribution is 8.14. The number of thiazole rings is 1. The lowest BCUT2D eigenvalue weighted by atomic mass is 9.98. The number of hydrogen-bond donors (Lipinski definition) is 0. The Hall–Kier alpha value is -1.70. The van der Waals surface area contributed by atoms with E-state index in [0.717, 1.165) is 4.88 Å². The molecule has 1 saturated heterocycles. The number of amidine groups is 1. The minimum absolute atomic E-state index is 0.211. The Balaban J connectivity index is 0.00000117. The van der Waals surface area contributed by atoms with E-state index in [4.69, 9.17) is 11.6 Å². The van der Waals surface area contributed by atoms with Gasteiger partial charge in [-0.2, -0.15) is 0 Å². The molecule has 8 heteroatoms. The van der Waals surface area contributed by atoms with Crippen molar-refractivity contribution in [2.75, 3.05) is 12.8 Å². The molecule has 1 aromatic carbocycles. The third-order valence-corrected chi connectivity index (χ3v) is 6.04. The molecule has 2 aromatic rings. The molecule has 3 rings (SSSR count). The molecule has 0 radical (unpaired) electrons. The van der Waals surface area contributed by atoms with Gasteiger partial charge in [0.25, 0.3) is 0 Å². The maximum atomic E-state index is 13.1. The fraction of sp³-hybridized carbons (Fsp3) is 0.333. The molecule has 1 amide bonds. The Bertz CT molecular complexity index is 780. The Morgan fingerprint density at radius 3 is 2.62 bits per heavy atom. The van der Waals surface area contributed by atoms with E-state index in [1.807, 2.05) is 32.0 Å². The van der Waals surface area contributed by atoms with Crippen molar-refractivity contribution in [3.8, 4) is 0 Å². The van der Waals surface area contributed by atoms with E-state index < -0.39 is 5.92 Å². The van der Waals surface area contributed by atoms with Crippen molar-refractivity contribution in [2.45, 2.75) is 25.8 Å². The van der Waals surface area contributed by atoms with E-state index in [1.165, 1.54) is 23.1 Å². The van der Waals surface area contributed by atoms with Crippen LogP contribution in [0.5, 0.6) is 0 Å². The molecule has 1 fully saturated rings. The second-order valence-corrected chi connectivity index (χ2v) is 7.71. The third-order valence-electron chi connectivity index (χ3n) is 3.70. The van der Waals surface area contributed by atoms with Crippen molar-refractivity contribution in [2.24, 2.45) is 4.99 Å². The molecule has 2 heterocycles. The van der Waals surface area contributed by atoms with Crippen LogP contribution in [0.25, 0.3) is 0 Å². The number of aromatic nitrogens is 1. The van der Waals surface area contributed by atoms with Crippen molar-refractivity contribution in [1.82, 2.24) is 9.88 Å². The van der Waals surface area contributed by atoms with E-state index >= 15 is 0 Å². The van der Waals surface area contributed by atoms with Gasteiger partial charge in [0, 0.05) is 23.9 Å². The predicted octanol–water partition coefficient (Wildman–Crippen LogP) is 4.41. The molecule has 138 valence electrons. The maximum Gasteiger partial charge on any atom is 0.243 e. The van der Waals surface area contributed by atoms with Gasteiger partial charge in [0.2, 0.25) is 5.91 Å². The van der Waals surface area contributed by atoms with Gasteiger partial charge in [-0.25, -0.2) is 4.98 Å². The highest BCUT2D eigenvalue weighted by Gasteiger charge is 2.40. The summed E-state index contributed by atoms with van der Waals surface area (Å²) in [6, 6.07) is 8.82. The number of amides is 1. The molecular formula is C18H20ClN3O2S2. The topological polar surface area (TPSA) is 62.6 Å². The van der Waals surface area contributed by atoms with E-state index in [1.54, 1.807) is 30.3 Å². The summed E-state index contributed by atoms with van der Waals surface area (Å²) in [7, 11) is 1.64. The first kappa shape index (κ1) is 20.6. The first-order chi connectivity index (χ1) is 12.7. The number of hydrogen-bond acceptors (Lipinski definition) is 6. The molecule has 2 atom stereocenters. The zero-order chi connectivity index (χ0) is 19.1. The molecule has 1 aliphatic heterocycles. The normalized spacial score (nSPS) is 19.0. The molecule has 0 aliphatic carbocycles. The zero-order valence-electron chi connectivity index (χ0n) is 14.8. The number of halogens is 1. The molecule has 1 aromatic heterocycles. The minimum Gasteiger partial charge on any atom is -0.302 e. The monoisotopic (exact) mass is 409 g/mol. The number of carbonyl (C=O) groups is 2. The maximum absolute atomic E-state index is 13.1. The third kappa shape index (κ3) is 4.34. The van der Waals surface area contributed by atoms with Crippen LogP contribution < -0.4 is 0 Å². The lowest BCUT2D eigenvalue weighted by Crippen LogP contribution is -2.38. The van der Waals surface area contributed by atoms with Crippen LogP contribution in [0, 0.1) is 0 Å². The minimum atomic E-state index is -0.854. The number of benzene rings is 1. The molecule has 0 saturated carbocycles. The SMILES string of the molecule is CC.CN=C1SCC(c2cnc(Cl)s2)N1C(=O)C(C=O)c1ccccc1. The second kappa shape index (κ2) is 9.85. The quantitative estimate of drug-likeness (QED) is 0.554. The summed E-state index contributed by atoms with van der Waals surface area (Å²) < 4.78 is 0.430. The van der Waals surface area contributed by atoms with Crippen molar-refractivity contribution < 1.29 is 9.59 Å². The molecule has 1 aliphatic rings. The number of carbonyl (C=O) groups excluding carboxylic acids is 2. The molecule has 0 spiro atoms. The van der Waals surface area contributed by atoms with E-state index in [2.05, 4.69) is 9.98 Å². The highest BCUT2D eigenvalue weighted by atomic mass is 35.5. The fourth-order valence-electron chi connectivity index (χ4n) is 2.57. The number of aldehydes is 1. The van der Waals surface area contributed by atoms with Gasteiger partial charge >= 0.3 is 0 Å². The zero-order valence-corrected chi connectivity index (χ0v) is 17.1. The number of thioether (sulfide) groups is 1. The van der Waals surface area contributed by atoms with Gasteiger partial charge in [-0.3, -0.25) is 14.7 Å². The standard InChI is InChI=1S/C16H14ClN3O2S2.C2H6/c1-18-16-20(12(9-23-16)13-7-19-15(17)24-13)14(22)11(8-21)10-5-3-2-4-6-10;1-2/h2-8,11-12H,9H2,1H3;1-2H3. The summed E-state index contributed by atoms with van der Waals surface area (Å²) in [4.78, 5) is 35.5. The van der Waals surface area contributed by atoms with Gasteiger partial charge in [-0.1, -0.05) is 67.5 Å². The first-order valence-corrected chi connectivity index (χ1v) is 10.4. The summed E-state index contributed by atoms with van der Waals surface area (Å²) in [5.41, 5.74) is 0.672. The summed E-state index contributed by atoms with van der Waals surface area (Å²) in [5, 5.41) is 0.609. The van der Waals surface area contributed by atoms with Gasteiger partial charge < -0.3 is 4.79 Å². The molecular weight excluding hydrogens is 390 g/mol. The van der Waals surface area contributed by atoms with Crippen LogP contribution in [0.3, 0.4) is 0 Å². The second-order valence-electron chi connectivity index (χ2n) is 5.08. The first-order valence-electron chi connectivity index (χ1n) is 8.19. The van der Waals surface area contributed by atoms with Crippen LogP contribution >= 0.6 is 34.7 Å². The van der Waals surface area contributed by atoms with Crippen LogP contribution in [-0.4, -0.2) is 40.0 Å². The largest absolute Gasteiger partial charge is 0.302 e. The predicted molar refractivity (Wildman–Crippen MR) is 109 cm³/mol. The van der Waals surface area contributed by atoms with Crippen molar-refractivity contribution in [3.63, 3.8) is 0 Å². The Labute approximate surface area is 166 Å². The van der Waals surface area contributed by atoms with Gasteiger partial charge in [-0.15, -0.1) is 11.3 Å². The summed E-state index contributed by atoms with van der Waals surface area (Å²) in [6.45, 7) is 4.00. The molecule has 26 heavy (non-hydrogen) atoms. The Kier molecular flexibility index (Phi) is 7.81. The van der Waals surface area contributed by atoms with Crippen LogP contribution in [0.4, 0.5) is 0 Å². The van der Waals surface area contributed by atoms with Crippen molar-refractivity contribution in [1.29, 1.82) is 0 Å². The van der Waals surface area contributed by atoms with Crippen LogP contribution in [0.1, 0.15) is 36.2 Å². The Morgan fingerprint density at radius 1 is 1.38 bits per heavy atom. The van der Waals surface area contributed by atoms with Crippen molar-refractivity contribution >= 4 is 52.1 Å². The van der Waals surface area contributed by atoms with Gasteiger partial charge in [0.15, 0.2) is 9.63 Å². The van der Waals surface area contributed by atoms with Crippen LogP contribution in [0.15, 0.2) is 41.5 Å². The lowest BCUT2D eigenvalue weighted by Gasteiger charge is -2.25. The molecule has 0 N–H and O–H groups in total.